The first-order valence-corrected chi connectivity index (χ1v) is 12.3. The van der Waals surface area contributed by atoms with E-state index in [9.17, 15) is 13.5 Å². The first-order chi connectivity index (χ1) is 16.3. The molecule has 0 fully saturated rings. The van der Waals surface area contributed by atoms with Gasteiger partial charge in [-0.3, -0.25) is 9.82 Å². The third-order valence-electron chi connectivity index (χ3n) is 5.34. The average Bonchev–Trinajstić information content (AvgIpc) is 3.19. The number of hydrogen-bond donors (Lipinski definition) is 5. The van der Waals surface area contributed by atoms with Gasteiger partial charge in [-0.2, -0.15) is 5.10 Å². The van der Waals surface area contributed by atoms with E-state index in [1.54, 1.807) is 36.4 Å². The molecule has 0 saturated carbocycles. The van der Waals surface area contributed by atoms with Crippen molar-refractivity contribution in [3.63, 3.8) is 0 Å². The van der Waals surface area contributed by atoms with Crippen molar-refractivity contribution >= 4 is 32.3 Å². The van der Waals surface area contributed by atoms with Gasteiger partial charge in [0.1, 0.15) is 17.3 Å². The number of aliphatic hydroxyl groups is 1. The molecule has 3 aromatic carbocycles. The standard InChI is InChI=1S/C24H27N5O4S/c1-16-20-10-9-19(14-22(20)28-27-16)33-12-11-26-15-23(30)17-5-4-6-18(13-17)29-34(31,32)24-8-3-2-7-21(24)25/h2-10,13-14,23,26,29-30H,11-12,15,25H2,1H3,(H,27,28). The number of aliphatic hydroxyl groups excluding tert-OH is 1. The molecule has 0 saturated heterocycles. The summed E-state index contributed by atoms with van der Waals surface area (Å²) < 4.78 is 33.6. The molecule has 0 bridgehead atoms. The van der Waals surface area contributed by atoms with Crippen molar-refractivity contribution in [2.45, 2.75) is 17.9 Å². The molecule has 1 unspecified atom stereocenters. The van der Waals surface area contributed by atoms with E-state index in [1.165, 1.54) is 12.1 Å². The Balaban J connectivity index is 1.28. The van der Waals surface area contributed by atoms with Crippen LogP contribution in [0.2, 0.25) is 0 Å². The summed E-state index contributed by atoms with van der Waals surface area (Å²) in [5.41, 5.74) is 8.74. The first-order valence-electron chi connectivity index (χ1n) is 10.8. The third kappa shape index (κ3) is 5.48. The lowest BCUT2D eigenvalue weighted by Crippen LogP contribution is -2.26. The van der Waals surface area contributed by atoms with Gasteiger partial charge in [-0.1, -0.05) is 24.3 Å². The Bertz CT molecular complexity index is 1390. The number of nitrogens with zero attached hydrogens (tertiary/aromatic N) is 1. The van der Waals surface area contributed by atoms with E-state index in [0.29, 0.717) is 24.4 Å². The zero-order valence-corrected chi connectivity index (χ0v) is 19.5. The van der Waals surface area contributed by atoms with Gasteiger partial charge in [-0.15, -0.1) is 0 Å². The molecule has 1 atom stereocenters. The number of nitrogen functional groups attached to an aromatic ring is 1. The zero-order valence-electron chi connectivity index (χ0n) is 18.7. The molecule has 0 aliphatic heterocycles. The molecule has 10 heteroatoms. The molecular formula is C24H27N5O4S. The van der Waals surface area contributed by atoms with Crippen LogP contribution in [0.1, 0.15) is 17.4 Å². The van der Waals surface area contributed by atoms with Gasteiger partial charge in [0.25, 0.3) is 10.0 Å². The minimum Gasteiger partial charge on any atom is -0.492 e. The number of benzene rings is 3. The molecule has 178 valence electrons. The van der Waals surface area contributed by atoms with E-state index in [1.807, 2.05) is 25.1 Å². The highest BCUT2D eigenvalue weighted by Gasteiger charge is 2.18. The Kier molecular flexibility index (Phi) is 7.01. The number of anilines is 2. The Morgan fingerprint density at radius 1 is 1.12 bits per heavy atom. The summed E-state index contributed by atoms with van der Waals surface area (Å²) in [5.74, 6) is 0.734. The van der Waals surface area contributed by atoms with Gasteiger partial charge in [0.15, 0.2) is 0 Å². The molecule has 0 amide bonds. The Hall–Kier alpha value is -3.60. The molecule has 0 radical (unpaired) electrons. The normalized spacial score (nSPS) is 12.5. The van der Waals surface area contributed by atoms with Gasteiger partial charge in [0.05, 0.1) is 23.0 Å². The number of aromatic amines is 1. The fraction of sp³-hybridized carbons (Fsp3) is 0.208. The monoisotopic (exact) mass is 481 g/mol. The van der Waals surface area contributed by atoms with E-state index in [0.717, 1.165) is 22.3 Å². The largest absolute Gasteiger partial charge is 0.492 e. The highest BCUT2D eigenvalue weighted by molar-refractivity contribution is 7.92. The number of ether oxygens (including phenoxy) is 1. The van der Waals surface area contributed by atoms with Crippen LogP contribution >= 0.6 is 0 Å². The van der Waals surface area contributed by atoms with Crippen LogP contribution < -0.4 is 20.5 Å². The summed E-state index contributed by atoms with van der Waals surface area (Å²) in [6.07, 6.45) is -0.824. The average molecular weight is 482 g/mol. The summed E-state index contributed by atoms with van der Waals surface area (Å²) in [6.45, 7) is 3.17. The minimum atomic E-state index is -3.84. The van der Waals surface area contributed by atoms with Crippen LogP contribution in [0.25, 0.3) is 10.9 Å². The highest BCUT2D eigenvalue weighted by atomic mass is 32.2. The number of hydrogen-bond acceptors (Lipinski definition) is 7. The SMILES string of the molecule is Cc1n[nH]c2cc(OCCNCC(O)c3cccc(NS(=O)(=O)c4ccccc4N)c3)ccc12. The number of fused-ring (bicyclic) bond motifs is 1. The summed E-state index contributed by atoms with van der Waals surface area (Å²) in [4.78, 5) is 0.00410. The Morgan fingerprint density at radius 3 is 2.76 bits per heavy atom. The topological polar surface area (TPSA) is 142 Å². The summed E-state index contributed by atoms with van der Waals surface area (Å²) in [7, 11) is -3.84. The van der Waals surface area contributed by atoms with Gasteiger partial charge in [0.2, 0.25) is 0 Å². The van der Waals surface area contributed by atoms with Crippen LogP contribution in [0.3, 0.4) is 0 Å². The maximum Gasteiger partial charge on any atom is 0.263 e. The van der Waals surface area contributed by atoms with Gasteiger partial charge < -0.3 is 20.9 Å². The fourth-order valence-corrected chi connectivity index (χ4v) is 4.75. The third-order valence-corrected chi connectivity index (χ3v) is 6.80. The van der Waals surface area contributed by atoms with E-state index >= 15 is 0 Å². The van der Waals surface area contributed by atoms with E-state index < -0.39 is 16.1 Å². The lowest BCUT2D eigenvalue weighted by atomic mass is 10.1. The molecule has 1 heterocycles. The van der Waals surface area contributed by atoms with Crippen LogP contribution in [0, 0.1) is 6.92 Å². The molecule has 4 aromatic rings. The lowest BCUT2D eigenvalue weighted by molar-refractivity contribution is 0.172. The molecular weight excluding hydrogens is 454 g/mol. The van der Waals surface area contributed by atoms with E-state index in [2.05, 4.69) is 20.2 Å². The summed E-state index contributed by atoms with van der Waals surface area (Å²) in [6, 6.07) is 18.6. The van der Waals surface area contributed by atoms with E-state index in [-0.39, 0.29) is 17.1 Å². The quantitative estimate of drug-likeness (QED) is 0.173. The fourth-order valence-electron chi connectivity index (χ4n) is 3.57. The number of nitrogens with two attached hydrogens (primary N) is 1. The van der Waals surface area contributed by atoms with Gasteiger partial charge >= 0.3 is 0 Å². The van der Waals surface area contributed by atoms with E-state index in [4.69, 9.17) is 10.5 Å². The van der Waals surface area contributed by atoms with Crippen LogP contribution in [-0.4, -0.2) is 43.4 Å². The number of para-hydroxylation sites is 1. The summed E-state index contributed by atoms with van der Waals surface area (Å²) in [5, 5.41) is 21.9. The number of sulfonamides is 1. The minimum absolute atomic E-state index is 0.00410. The number of H-pyrrole nitrogens is 1. The van der Waals surface area contributed by atoms with Crippen molar-refractivity contribution in [1.82, 2.24) is 15.5 Å². The highest BCUT2D eigenvalue weighted by Crippen LogP contribution is 2.24. The van der Waals surface area contributed by atoms with Crippen LogP contribution in [0.15, 0.2) is 71.6 Å². The molecule has 0 aliphatic carbocycles. The summed E-state index contributed by atoms with van der Waals surface area (Å²) >= 11 is 0. The second kappa shape index (κ2) is 10.1. The first kappa shape index (κ1) is 23.6. The number of aromatic nitrogens is 2. The molecule has 9 nitrogen and oxygen atoms in total. The lowest BCUT2D eigenvalue weighted by Gasteiger charge is -2.15. The van der Waals surface area contributed by atoms with Gasteiger partial charge in [0, 0.05) is 30.2 Å². The molecule has 34 heavy (non-hydrogen) atoms. The number of rotatable bonds is 10. The molecule has 1 aromatic heterocycles. The second-order valence-corrected chi connectivity index (χ2v) is 9.50. The zero-order chi connectivity index (χ0) is 24.1. The van der Waals surface area contributed by atoms with Crippen LogP contribution in [0.5, 0.6) is 5.75 Å². The predicted octanol–water partition coefficient (Wildman–Crippen LogP) is 2.96. The predicted molar refractivity (Wildman–Crippen MR) is 132 cm³/mol. The van der Waals surface area contributed by atoms with Crippen molar-refractivity contribution in [2.75, 3.05) is 30.2 Å². The van der Waals surface area contributed by atoms with Crippen LogP contribution in [-0.2, 0) is 10.0 Å². The second-order valence-electron chi connectivity index (χ2n) is 7.85. The molecule has 0 aliphatic rings. The molecule has 0 spiro atoms. The van der Waals surface area contributed by atoms with Crippen molar-refractivity contribution in [3.05, 3.63) is 78.0 Å². The van der Waals surface area contributed by atoms with Gasteiger partial charge in [-0.25, -0.2) is 8.42 Å². The molecule has 4 rings (SSSR count). The van der Waals surface area contributed by atoms with Crippen LogP contribution in [0.4, 0.5) is 11.4 Å². The van der Waals surface area contributed by atoms with Crippen molar-refractivity contribution in [3.8, 4) is 5.75 Å². The Morgan fingerprint density at radius 2 is 1.94 bits per heavy atom. The molecule has 6 N–H and O–H groups in total. The smallest absolute Gasteiger partial charge is 0.263 e. The Labute approximate surface area is 198 Å². The number of nitrogens with one attached hydrogen (secondary N) is 3. The van der Waals surface area contributed by atoms with Crippen molar-refractivity contribution < 1.29 is 18.3 Å². The maximum absolute atomic E-state index is 12.7. The van der Waals surface area contributed by atoms with Gasteiger partial charge in [-0.05, 0) is 48.9 Å². The maximum atomic E-state index is 12.7. The number of aryl methyl sites for hydroxylation is 1. The van der Waals surface area contributed by atoms with Crippen molar-refractivity contribution in [1.29, 1.82) is 0 Å². The van der Waals surface area contributed by atoms with Crippen molar-refractivity contribution in [2.24, 2.45) is 0 Å².